The van der Waals surface area contributed by atoms with E-state index in [4.69, 9.17) is 9.40 Å². The van der Waals surface area contributed by atoms with Gasteiger partial charge in [0.25, 0.3) is 0 Å². The van der Waals surface area contributed by atoms with Crippen LogP contribution in [0.5, 0.6) is 0 Å². The predicted molar refractivity (Wildman–Crippen MR) is 146 cm³/mol. The van der Waals surface area contributed by atoms with Crippen molar-refractivity contribution in [1.29, 1.82) is 0 Å². The van der Waals surface area contributed by atoms with E-state index in [9.17, 15) is 0 Å². The molecular weight excluding hydrogens is 440 g/mol. The smallest absolute Gasteiger partial charge is 0.134 e. The lowest BCUT2D eigenvalue weighted by Gasteiger charge is -2.37. The quantitative estimate of drug-likeness (QED) is 0.287. The lowest BCUT2D eigenvalue weighted by molar-refractivity contribution is 0.611. The van der Waals surface area contributed by atoms with Crippen LogP contribution in [0, 0.1) is 0 Å². The van der Waals surface area contributed by atoms with Crippen molar-refractivity contribution in [3.05, 3.63) is 137 Å². The Labute approximate surface area is 210 Å². The number of hydrogen-bond donors (Lipinski definition) is 1. The van der Waals surface area contributed by atoms with Crippen LogP contribution >= 0.6 is 0 Å². The number of nitrogens with zero attached hydrogens (tertiary/aromatic N) is 1. The summed E-state index contributed by atoms with van der Waals surface area (Å²) in [5.41, 5.74) is 11.2. The molecule has 0 radical (unpaired) electrons. The Bertz CT molecular complexity index is 1670. The summed E-state index contributed by atoms with van der Waals surface area (Å²) in [6.07, 6.45) is 6.09. The third-order valence-corrected chi connectivity index (χ3v) is 7.60. The van der Waals surface area contributed by atoms with Gasteiger partial charge in [-0.05, 0) is 58.2 Å². The Morgan fingerprint density at radius 2 is 1.58 bits per heavy atom. The number of aromatic nitrogens is 1. The molecule has 3 nitrogen and oxygen atoms in total. The summed E-state index contributed by atoms with van der Waals surface area (Å²) in [4.78, 5) is 4.98. The minimum Gasteiger partial charge on any atom is -0.464 e. The molecule has 2 aromatic heterocycles. The topological polar surface area (TPSA) is 38.1 Å². The van der Waals surface area contributed by atoms with E-state index in [1.54, 1.807) is 6.26 Å². The molecule has 7 rings (SSSR count). The number of allylic oxidation sites excluding steroid dienone is 2. The molecule has 2 aliphatic rings. The Kier molecular flexibility index (Phi) is 4.55. The van der Waals surface area contributed by atoms with Crippen molar-refractivity contribution in [2.45, 2.75) is 25.3 Å². The fourth-order valence-corrected chi connectivity index (χ4v) is 5.98. The molecule has 3 aromatic carbocycles. The molecule has 0 fully saturated rings. The standard InChI is InChI=1S/C33H26N2O/c1-33(2)30-26(21-10-5-3-6-11-21)20-27(22-12-7-4-8-13-22)35-31(30)29-23(24-14-9-18-34-32(24)33)15-16-28-25(29)17-19-36-28/h3-20,27,35H,1-2H3. The number of pyridine rings is 1. The monoisotopic (exact) mass is 466 g/mol. The summed E-state index contributed by atoms with van der Waals surface area (Å²) in [6.45, 7) is 4.60. The van der Waals surface area contributed by atoms with Crippen molar-refractivity contribution < 1.29 is 4.42 Å². The number of rotatable bonds is 2. The van der Waals surface area contributed by atoms with Gasteiger partial charge in [-0.15, -0.1) is 0 Å². The highest BCUT2D eigenvalue weighted by atomic mass is 16.3. The Morgan fingerprint density at radius 3 is 2.39 bits per heavy atom. The second-order valence-electron chi connectivity index (χ2n) is 10.1. The molecule has 0 saturated carbocycles. The van der Waals surface area contributed by atoms with E-state index in [0.717, 1.165) is 22.4 Å². The van der Waals surface area contributed by atoms with E-state index in [-0.39, 0.29) is 11.5 Å². The van der Waals surface area contributed by atoms with E-state index in [0.29, 0.717) is 0 Å². The summed E-state index contributed by atoms with van der Waals surface area (Å²) in [7, 11) is 0. The van der Waals surface area contributed by atoms with Gasteiger partial charge < -0.3 is 9.73 Å². The van der Waals surface area contributed by atoms with Gasteiger partial charge in [-0.1, -0.05) is 80.6 Å². The van der Waals surface area contributed by atoms with Gasteiger partial charge in [0.05, 0.1) is 18.0 Å². The summed E-state index contributed by atoms with van der Waals surface area (Å²) < 4.78 is 5.89. The molecular formula is C33H26N2O. The van der Waals surface area contributed by atoms with Crippen molar-refractivity contribution in [2.24, 2.45) is 0 Å². The summed E-state index contributed by atoms with van der Waals surface area (Å²) >= 11 is 0. The number of benzene rings is 3. The molecule has 1 unspecified atom stereocenters. The molecule has 0 bridgehead atoms. The van der Waals surface area contributed by atoms with Crippen LogP contribution in [0.15, 0.2) is 120 Å². The maximum atomic E-state index is 5.89. The van der Waals surface area contributed by atoms with Gasteiger partial charge >= 0.3 is 0 Å². The minimum absolute atomic E-state index is 0.0279. The normalized spacial score (nSPS) is 17.9. The van der Waals surface area contributed by atoms with Gasteiger partial charge in [0.1, 0.15) is 5.58 Å². The first-order valence-electron chi connectivity index (χ1n) is 12.4. The third-order valence-electron chi connectivity index (χ3n) is 7.60. The van der Waals surface area contributed by atoms with Gasteiger partial charge in [0.2, 0.25) is 0 Å². The third kappa shape index (κ3) is 3.02. The number of nitrogens with one attached hydrogen (secondary N) is 1. The first-order valence-corrected chi connectivity index (χ1v) is 12.4. The van der Waals surface area contributed by atoms with Crippen molar-refractivity contribution >= 4 is 22.2 Å². The zero-order valence-corrected chi connectivity index (χ0v) is 20.3. The van der Waals surface area contributed by atoms with Crippen LogP contribution in [-0.2, 0) is 5.41 Å². The lowest BCUT2D eigenvalue weighted by Crippen LogP contribution is -2.31. The average molecular weight is 467 g/mol. The molecule has 1 N–H and O–H groups in total. The number of hydrogen-bond acceptors (Lipinski definition) is 3. The van der Waals surface area contributed by atoms with E-state index in [1.165, 1.54) is 39.0 Å². The van der Waals surface area contributed by atoms with Gasteiger partial charge in [-0.2, -0.15) is 0 Å². The van der Waals surface area contributed by atoms with Gasteiger partial charge in [-0.25, -0.2) is 0 Å². The van der Waals surface area contributed by atoms with Gasteiger partial charge in [0.15, 0.2) is 0 Å². The van der Waals surface area contributed by atoms with Crippen molar-refractivity contribution in [2.75, 3.05) is 0 Å². The molecule has 0 amide bonds. The second-order valence-corrected chi connectivity index (χ2v) is 10.1. The molecule has 1 aliphatic carbocycles. The van der Waals surface area contributed by atoms with Crippen LogP contribution in [0.25, 0.3) is 33.4 Å². The molecule has 36 heavy (non-hydrogen) atoms. The van der Waals surface area contributed by atoms with Crippen LogP contribution in [0.3, 0.4) is 0 Å². The summed E-state index contributed by atoms with van der Waals surface area (Å²) in [5.74, 6) is 0. The molecule has 1 atom stereocenters. The van der Waals surface area contributed by atoms with Crippen LogP contribution in [0.1, 0.15) is 42.3 Å². The molecule has 0 saturated heterocycles. The molecule has 0 spiro atoms. The average Bonchev–Trinajstić information content (AvgIpc) is 3.39. The Hall–Kier alpha value is -4.37. The van der Waals surface area contributed by atoms with Crippen LogP contribution in [-0.4, -0.2) is 4.98 Å². The number of furan rings is 1. The SMILES string of the molecule is CC1(C)C2=C(NC(c3ccccc3)C=C2c2ccccc2)c2c(ccc3occc23)-c2cccnc21. The zero-order chi connectivity index (χ0) is 24.3. The van der Waals surface area contributed by atoms with Gasteiger partial charge in [0, 0.05) is 33.8 Å². The van der Waals surface area contributed by atoms with Gasteiger partial charge in [-0.3, -0.25) is 4.98 Å². The minimum atomic E-state index is -0.350. The summed E-state index contributed by atoms with van der Waals surface area (Å²) in [6, 6.07) is 32.0. The lowest BCUT2D eigenvalue weighted by atomic mass is 9.72. The molecule has 1 aliphatic heterocycles. The first-order chi connectivity index (χ1) is 17.6. The second kappa shape index (κ2) is 7.82. The molecule has 3 heterocycles. The zero-order valence-electron chi connectivity index (χ0n) is 20.3. The van der Waals surface area contributed by atoms with Crippen LogP contribution in [0.2, 0.25) is 0 Å². The first kappa shape index (κ1) is 21.0. The number of dihydropyridines is 1. The summed E-state index contributed by atoms with van der Waals surface area (Å²) in [5, 5.41) is 5.09. The largest absolute Gasteiger partial charge is 0.464 e. The fraction of sp³-hybridized carbons (Fsp3) is 0.121. The number of fused-ring (bicyclic) bond motifs is 6. The Morgan fingerprint density at radius 1 is 0.806 bits per heavy atom. The Balaban J connectivity index is 1.62. The highest BCUT2D eigenvalue weighted by Crippen LogP contribution is 2.53. The maximum absolute atomic E-state index is 5.89. The fourth-order valence-electron chi connectivity index (χ4n) is 5.98. The molecule has 3 heteroatoms. The van der Waals surface area contributed by atoms with Crippen molar-refractivity contribution in [1.82, 2.24) is 10.3 Å². The van der Waals surface area contributed by atoms with Crippen molar-refractivity contribution in [3.63, 3.8) is 0 Å². The predicted octanol–water partition coefficient (Wildman–Crippen LogP) is 7.93. The highest BCUT2D eigenvalue weighted by Gasteiger charge is 2.41. The van der Waals surface area contributed by atoms with E-state index in [1.807, 2.05) is 12.3 Å². The van der Waals surface area contributed by atoms with Crippen molar-refractivity contribution in [3.8, 4) is 11.1 Å². The molecule has 5 aromatic rings. The maximum Gasteiger partial charge on any atom is 0.134 e. The van der Waals surface area contributed by atoms with Crippen LogP contribution < -0.4 is 5.32 Å². The van der Waals surface area contributed by atoms with E-state index in [2.05, 4.69) is 110 Å². The highest BCUT2D eigenvalue weighted by molar-refractivity contribution is 6.06. The van der Waals surface area contributed by atoms with E-state index < -0.39 is 0 Å². The van der Waals surface area contributed by atoms with Crippen LogP contribution in [0.4, 0.5) is 0 Å². The van der Waals surface area contributed by atoms with E-state index >= 15 is 0 Å². The molecule has 174 valence electrons.